The summed E-state index contributed by atoms with van der Waals surface area (Å²) < 4.78 is 8.23. The zero-order chi connectivity index (χ0) is 13.9. The van der Waals surface area contributed by atoms with Gasteiger partial charge in [-0.25, -0.2) is 0 Å². The summed E-state index contributed by atoms with van der Waals surface area (Å²) in [5.74, 6) is 1.05. The molecule has 2 unspecified atom stereocenters. The summed E-state index contributed by atoms with van der Waals surface area (Å²) in [5.41, 5.74) is 2.66. The number of fused-ring (bicyclic) bond motifs is 1. The Morgan fingerprint density at radius 3 is 3.00 bits per heavy atom. The quantitative estimate of drug-likeness (QED) is 0.903. The minimum absolute atomic E-state index is 0.252. The van der Waals surface area contributed by atoms with Crippen LogP contribution < -0.4 is 10.1 Å². The second kappa shape index (κ2) is 5.71. The first-order chi connectivity index (χ1) is 9.76. The van der Waals surface area contributed by atoms with E-state index < -0.39 is 0 Å². The number of nitrogens with one attached hydrogen (secondary N) is 1. The van der Waals surface area contributed by atoms with Gasteiger partial charge in [0.05, 0.1) is 6.54 Å². The molecule has 2 atom stereocenters. The molecule has 0 amide bonds. The van der Waals surface area contributed by atoms with Gasteiger partial charge in [0, 0.05) is 24.9 Å². The van der Waals surface area contributed by atoms with Gasteiger partial charge in [0.1, 0.15) is 11.9 Å². The number of hydrogen-bond donors (Lipinski definition) is 1. The lowest BCUT2D eigenvalue weighted by Gasteiger charge is -2.12. The van der Waals surface area contributed by atoms with Crippen LogP contribution in [0.3, 0.4) is 0 Å². The van der Waals surface area contributed by atoms with Crippen LogP contribution in [0.25, 0.3) is 0 Å². The first-order valence-corrected chi connectivity index (χ1v) is 7.40. The highest BCUT2D eigenvalue weighted by Crippen LogP contribution is 2.29. The molecule has 106 valence electrons. The molecule has 3 nitrogen and oxygen atoms in total. The molecule has 1 aliphatic rings. The van der Waals surface area contributed by atoms with Gasteiger partial charge in [-0.1, -0.05) is 25.1 Å². The Bertz CT molecular complexity index is 551. The van der Waals surface area contributed by atoms with Crippen LogP contribution >= 0.6 is 0 Å². The Labute approximate surface area is 120 Å². The number of para-hydroxylation sites is 1. The van der Waals surface area contributed by atoms with E-state index in [1.807, 2.05) is 6.07 Å². The fourth-order valence-corrected chi connectivity index (χ4v) is 2.84. The molecule has 20 heavy (non-hydrogen) atoms. The summed E-state index contributed by atoms with van der Waals surface area (Å²) in [7, 11) is 0. The second-order valence-corrected chi connectivity index (χ2v) is 5.47. The summed E-state index contributed by atoms with van der Waals surface area (Å²) in [6.07, 6.45) is 5.63. The smallest absolute Gasteiger partial charge is 0.123 e. The van der Waals surface area contributed by atoms with Gasteiger partial charge in [-0.3, -0.25) is 0 Å². The third-order valence-corrected chi connectivity index (χ3v) is 3.91. The van der Waals surface area contributed by atoms with E-state index >= 15 is 0 Å². The van der Waals surface area contributed by atoms with E-state index in [-0.39, 0.29) is 6.10 Å². The molecular formula is C17H22N2O. The summed E-state index contributed by atoms with van der Waals surface area (Å²) in [5, 5.41) is 3.44. The molecule has 2 heterocycles. The third kappa shape index (κ3) is 2.73. The van der Waals surface area contributed by atoms with Crippen molar-refractivity contribution >= 4 is 0 Å². The normalized spacial score (nSPS) is 18.6. The van der Waals surface area contributed by atoms with Crippen molar-refractivity contribution in [1.82, 2.24) is 9.88 Å². The van der Waals surface area contributed by atoms with E-state index in [9.17, 15) is 0 Å². The molecular weight excluding hydrogens is 248 g/mol. The molecule has 0 saturated heterocycles. The lowest BCUT2D eigenvalue weighted by Crippen LogP contribution is -2.20. The number of hydrogen-bond acceptors (Lipinski definition) is 2. The highest BCUT2D eigenvalue weighted by atomic mass is 16.5. The summed E-state index contributed by atoms with van der Waals surface area (Å²) in [6, 6.07) is 10.9. The molecule has 0 bridgehead atoms. The average Bonchev–Trinajstić information content (AvgIpc) is 3.05. The van der Waals surface area contributed by atoms with Gasteiger partial charge in [-0.15, -0.1) is 0 Å². The fourth-order valence-electron chi connectivity index (χ4n) is 2.84. The average molecular weight is 270 g/mol. The molecule has 1 N–H and O–H groups in total. The Morgan fingerprint density at radius 2 is 2.20 bits per heavy atom. The number of aromatic nitrogens is 1. The molecule has 0 fully saturated rings. The first kappa shape index (κ1) is 13.3. The topological polar surface area (TPSA) is 26.2 Å². The molecule has 0 spiro atoms. The molecule has 1 aromatic heterocycles. The Kier molecular flexibility index (Phi) is 3.79. The summed E-state index contributed by atoms with van der Waals surface area (Å²) in [4.78, 5) is 0. The Morgan fingerprint density at radius 1 is 1.35 bits per heavy atom. The van der Waals surface area contributed by atoms with Crippen LogP contribution in [0.15, 0.2) is 42.7 Å². The van der Waals surface area contributed by atoms with Gasteiger partial charge >= 0.3 is 0 Å². The highest BCUT2D eigenvalue weighted by molar-refractivity contribution is 5.37. The van der Waals surface area contributed by atoms with Crippen molar-refractivity contribution in [3.8, 4) is 5.75 Å². The minimum Gasteiger partial charge on any atom is -0.488 e. The van der Waals surface area contributed by atoms with Gasteiger partial charge < -0.3 is 14.6 Å². The standard InChI is InChI=1S/C17H22N2O/c1-3-18-13(2)15-8-9-19(11-15)12-16-10-14-6-4-5-7-17(14)20-16/h4-9,11,13,16,18H,3,10,12H2,1-2H3. The summed E-state index contributed by atoms with van der Waals surface area (Å²) in [6.45, 7) is 6.24. The molecule has 0 aliphatic carbocycles. The van der Waals surface area contributed by atoms with E-state index in [0.717, 1.165) is 25.3 Å². The molecule has 2 aromatic rings. The van der Waals surface area contributed by atoms with Crippen LogP contribution in [0.1, 0.15) is 31.0 Å². The second-order valence-electron chi connectivity index (χ2n) is 5.47. The molecule has 0 radical (unpaired) electrons. The number of benzene rings is 1. The summed E-state index contributed by atoms with van der Waals surface area (Å²) >= 11 is 0. The van der Waals surface area contributed by atoms with Crippen molar-refractivity contribution in [2.75, 3.05) is 6.54 Å². The van der Waals surface area contributed by atoms with Crippen molar-refractivity contribution < 1.29 is 4.74 Å². The van der Waals surface area contributed by atoms with Crippen LogP contribution in [-0.2, 0) is 13.0 Å². The van der Waals surface area contributed by atoms with Gasteiger partial charge in [-0.2, -0.15) is 0 Å². The maximum Gasteiger partial charge on any atom is 0.123 e. The first-order valence-electron chi connectivity index (χ1n) is 7.40. The number of ether oxygens (including phenoxy) is 1. The van der Waals surface area contributed by atoms with Gasteiger partial charge in [0.15, 0.2) is 0 Å². The predicted molar refractivity (Wildman–Crippen MR) is 81.1 cm³/mol. The molecule has 3 rings (SSSR count). The van der Waals surface area contributed by atoms with E-state index in [1.165, 1.54) is 11.1 Å². The zero-order valence-corrected chi connectivity index (χ0v) is 12.2. The van der Waals surface area contributed by atoms with Crippen LogP contribution in [-0.4, -0.2) is 17.2 Å². The highest BCUT2D eigenvalue weighted by Gasteiger charge is 2.22. The maximum absolute atomic E-state index is 5.99. The van der Waals surface area contributed by atoms with E-state index in [4.69, 9.17) is 4.74 Å². The third-order valence-electron chi connectivity index (χ3n) is 3.91. The van der Waals surface area contributed by atoms with Crippen molar-refractivity contribution in [2.24, 2.45) is 0 Å². The van der Waals surface area contributed by atoms with Crippen LogP contribution in [0.5, 0.6) is 5.75 Å². The maximum atomic E-state index is 5.99. The SMILES string of the molecule is CCNC(C)c1ccn(CC2Cc3ccccc3O2)c1. The van der Waals surface area contributed by atoms with E-state index in [2.05, 4.69) is 60.4 Å². The lowest BCUT2D eigenvalue weighted by molar-refractivity contribution is 0.209. The fraction of sp³-hybridized carbons (Fsp3) is 0.412. The van der Waals surface area contributed by atoms with Crippen LogP contribution in [0, 0.1) is 0 Å². The zero-order valence-electron chi connectivity index (χ0n) is 12.2. The Balaban J connectivity index is 1.63. The number of nitrogens with zero attached hydrogens (tertiary/aromatic N) is 1. The van der Waals surface area contributed by atoms with Crippen LogP contribution in [0.2, 0.25) is 0 Å². The van der Waals surface area contributed by atoms with E-state index in [1.54, 1.807) is 0 Å². The molecule has 1 aliphatic heterocycles. The van der Waals surface area contributed by atoms with Gasteiger partial charge in [-0.05, 0) is 36.7 Å². The van der Waals surface area contributed by atoms with Crippen molar-refractivity contribution in [3.63, 3.8) is 0 Å². The molecule has 0 saturated carbocycles. The van der Waals surface area contributed by atoms with E-state index in [0.29, 0.717) is 6.04 Å². The van der Waals surface area contributed by atoms with Crippen molar-refractivity contribution in [1.29, 1.82) is 0 Å². The monoisotopic (exact) mass is 270 g/mol. The van der Waals surface area contributed by atoms with Gasteiger partial charge in [0.25, 0.3) is 0 Å². The van der Waals surface area contributed by atoms with Gasteiger partial charge in [0.2, 0.25) is 0 Å². The predicted octanol–water partition coefficient (Wildman–Crippen LogP) is 3.16. The van der Waals surface area contributed by atoms with Crippen molar-refractivity contribution in [3.05, 3.63) is 53.9 Å². The molecule has 1 aromatic carbocycles. The number of rotatable bonds is 5. The Hall–Kier alpha value is -1.74. The lowest BCUT2D eigenvalue weighted by atomic mass is 10.1. The van der Waals surface area contributed by atoms with Crippen molar-refractivity contribution in [2.45, 2.75) is 39.0 Å². The van der Waals surface area contributed by atoms with Crippen LogP contribution in [0.4, 0.5) is 0 Å². The largest absolute Gasteiger partial charge is 0.488 e. The minimum atomic E-state index is 0.252. The molecule has 3 heteroatoms.